The first-order chi connectivity index (χ1) is 15.3. The minimum atomic E-state index is -0.720. The fourth-order valence-corrected chi connectivity index (χ4v) is 5.58. The number of hydrogen-bond acceptors (Lipinski definition) is 5. The van der Waals surface area contributed by atoms with Gasteiger partial charge in [-0.15, -0.1) is 0 Å². The van der Waals surface area contributed by atoms with Crippen molar-refractivity contribution in [1.29, 1.82) is 0 Å². The van der Waals surface area contributed by atoms with Crippen molar-refractivity contribution < 1.29 is 14.2 Å². The lowest BCUT2D eigenvalue weighted by Crippen LogP contribution is -2.31. The fourth-order valence-electron chi connectivity index (χ4n) is 5.58. The lowest BCUT2D eigenvalue weighted by molar-refractivity contribution is 0.197. The van der Waals surface area contributed by atoms with Crippen LogP contribution >= 0.6 is 0 Å². The first-order valence-corrected chi connectivity index (χ1v) is 11.6. The Bertz CT molecular complexity index is 1160. The zero-order chi connectivity index (χ0) is 22.1. The molecule has 2 N–H and O–H groups in total. The van der Waals surface area contributed by atoms with Crippen molar-refractivity contribution in [2.24, 2.45) is 28.0 Å². The highest BCUT2D eigenvalue weighted by molar-refractivity contribution is 5.78. The highest BCUT2D eigenvalue weighted by Crippen LogP contribution is 2.54. The molecular weight excluding hydrogens is 400 g/mol. The van der Waals surface area contributed by atoms with E-state index in [1.807, 2.05) is 18.2 Å². The Kier molecular flexibility index (Phi) is 4.17. The Morgan fingerprint density at radius 1 is 1.09 bits per heavy atom. The van der Waals surface area contributed by atoms with E-state index >= 15 is 0 Å². The minimum Gasteiger partial charge on any atom is -0.493 e. The van der Waals surface area contributed by atoms with E-state index in [0.29, 0.717) is 19.1 Å². The molecule has 0 amide bonds. The third-order valence-electron chi connectivity index (χ3n) is 7.11. The summed E-state index contributed by atoms with van der Waals surface area (Å²) in [5, 5.41) is 0. The Labute approximate surface area is 189 Å². The molecule has 2 unspecified atom stereocenters. The highest BCUT2D eigenvalue weighted by Gasteiger charge is 2.47. The van der Waals surface area contributed by atoms with Crippen LogP contribution in [0.5, 0.6) is 17.2 Å². The van der Waals surface area contributed by atoms with Gasteiger partial charge in [-0.05, 0) is 78.0 Å². The van der Waals surface area contributed by atoms with Crippen LogP contribution in [-0.4, -0.2) is 19.2 Å². The number of fused-ring (bicyclic) bond motifs is 6. The van der Waals surface area contributed by atoms with E-state index < -0.39 is 5.54 Å². The molecule has 3 atom stereocenters. The summed E-state index contributed by atoms with van der Waals surface area (Å²) in [6, 6.07) is 12.7. The first-order valence-electron chi connectivity index (χ1n) is 11.6. The predicted molar refractivity (Wildman–Crippen MR) is 125 cm³/mol. The largest absolute Gasteiger partial charge is 0.493 e. The van der Waals surface area contributed by atoms with Crippen LogP contribution in [0.1, 0.15) is 56.7 Å². The van der Waals surface area contributed by atoms with Crippen LogP contribution in [0.25, 0.3) is 5.57 Å². The van der Waals surface area contributed by atoms with Crippen molar-refractivity contribution in [1.82, 2.24) is 0 Å². The van der Waals surface area contributed by atoms with Gasteiger partial charge in [0.15, 0.2) is 5.54 Å². The number of hydrogen-bond donors (Lipinski definition) is 1. The van der Waals surface area contributed by atoms with Crippen LogP contribution in [0.3, 0.4) is 0 Å². The molecule has 1 spiro atoms. The number of aliphatic imine (C=N–C) groups is 1. The molecule has 2 aromatic carbocycles. The molecule has 4 aliphatic rings. The van der Waals surface area contributed by atoms with E-state index in [4.69, 9.17) is 24.9 Å². The van der Waals surface area contributed by atoms with E-state index in [9.17, 15) is 0 Å². The van der Waals surface area contributed by atoms with Gasteiger partial charge in [0.05, 0.1) is 6.61 Å². The van der Waals surface area contributed by atoms with Gasteiger partial charge < -0.3 is 19.9 Å². The number of nitrogens with two attached hydrogens (primary N) is 1. The monoisotopic (exact) mass is 430 g/mol. The lowest BCUT2D eigenvalue weighted by atomic mass is 9.79. The van der Waals surface area contributed by atoms with Crippen LogP contribution in [0, 0.1) is 17.3 Å². The second-order valence-corrected chi connectivity index (χ2v) is 10.8. The number of allylic oxidation sites excluding steroid dienone is 2. The van der Waals surface area contributed by atoms with E-state index in [2.05, 4.69) is 45.0 Å². The maximum atomic E-state index is 6.34. The number of ether oxygens (including phenoxy) is 3. The normalized spacial score (nSPS) is 27.3. The number of rotatable bonds is 3. The molecule has 2 aromatic rings. The van der Waals surface area contributed by atoms with Gasteiger partial charge in [-0.25, -0.2) is 4.99 Å². The van der Waals surface area contributed by atoms with Gasteiger partial charge >= 0.3 is 0 Å². The molecule has 0 radical (unpaired) electrons. The summed E-state index contributed by atoms with van der Waals surface area (Å²) < 4.78 is 18.2. The van der Waals surface area contributed by atoms with E-state index in [1.165, 1.54) is 30.4 Å². The summed E-state index contributed by atoms with van der Waals surface area (Å²) in [7, 11) is 0. The summed E-state index contributed by atoms with van der Waals surface area (Å²) in [6.45, 7) is 7.47. The molecule has 0 aromatic heterocycles. The van der Waals surface area contributed by atoms with Gasteiger partial charge in [-0.3, -0.25) is 0 Å². The third-order valence-corrected chi connectivity index (χ3v) is 7.11. The molecule has 1 saturated carbocycles. The molecule has 1 fully saturated rings. The zero-order valence-electron chi connectivity index (χ0n) is 19.0. The second-order valence-electron chi connectivity index (χ2n) is 10.8. The summed E-state index contributed by atoms with van der Waals surface area (Å²) >= 11 is 0. The van der Waals surface area contributed by atoms with Gasteiger partial charge in [0.25, 0.3) is 6.02 Å². The molecule has 166 valence electrons. The molecule has 5 nitrogen and oxygen atoms in total. The summed E-state index contributed by atoms with van der Waals surface area (Å²) in [6.07, 6.45) is 6.38. The molecule has 5 heteroatoms. The minimum absolute atomic E-state index is 0.0685. The predicted octanol–water partition coefficient (Wildman–Crippen LogP) is 5.62. The number of nitrogens with zero attached hydrogens (tertiary/aromatic N) is 1. The Hall–Kier alpha value is -2.95. The van der Waals surface area contributed by atoms with Crippen LogP contribution in [0.15, 0.2) is 47.5 Å². The van der Waals surface area contributed by atoms with Crippen LogP contribution in [0.4, 0.5) is 0 Å². The molecule has 2 bridgehead atoms. The van der Waals surface area contributed by atoms with Crippen molar-refractivity contribution >= 4 is 11.6 Å². The molecule has 2 aliphatic heterocycles. The Morgan fingerprint density at radius 2 is 1.88 bits per heavy atom. The van der Waals surface area contributed by atoms with Crippen molar-refractivity contribution in [3.63, 3.8) is 0 Å². The van der Waals surface area contributed by atoms with Crippen LogP contribution in [0.2, 0.25) is 0 Å². The van der Waals surface area contributed by atoms with Gasteiger partial charge in [0, 0.05) is 11.1 Å². The highest BCUT2D eigenvalue weighted by atomic mass is 16.5. The van der Waals surface area contributed by atoms with Gasteiger partial charge in [0.2, 0.25) is 0 Å². The molecule has 2 heterocycles. The number of benzene rings is 2. The zero-order valence-corrected chi connectivity index (χ0v) is 19.0. The maximum absolute atomic E-state index is 6.34. The van der Waals surface area contributed by atoms with E-state index in [1.54, 1.807) is 0 Å². The van der Waals surface area contributed by atoms with E-state index in [0.717, 1.165) is 34.3 Å². The standard InChI is InChI=1S/C27H30N2O3/c1-26(2,3)14-30-19-7-9-24-22(13-19)27(15-31-25(28)29-27)21-12-18(6-8-23(21)32-24)20-11-16-4-5-17(20)10-16/h6-9,11-13,16-17H,4-5,10,14-15H2,1-3H3,(H2,28,29)/t16?,17?,27-/m0/s1. The topological polar surface area (TPSA) is 66.1 Å². The quantitative estimate of drug-likeness (QED) is 0.686. The summed E-state index contributed by atoms with van der Waals surface area (Å²) in [4.78, 5) is 4.85. The second kappa shape index (κ2) is 6.77. The molecular formula is C27H30N2O3. The smallest absolute Gasteiger partial charge is 0.283 e. The molecule has 32 heavy (non-hydrogen) atoms. The van der Waals surface area contributed by atoms with Gasteiger partial charge in [0.1, 0.15) is 23.9 Å². The number of amidine groups is 1. The van der Waals surface area contributed by atoms with Crippen LogP contribution < -0.4 is 15.2 Å². The lowest BCUT2D eigenvalue weighted by Gasteiger charge is -2.34. The van der Waals surface area contributed by atoms with Crippen LogP contribution in [-0.2, 0) is 10.3 Å². The average Bonchev–Trinajstić information content (AvgIpc) is 3.49. The average molecular weight is 431 g/mol. The van der Waals surface area contributed by atoms with Gasteiger partial charge in [-0.2, -0.15) is 0 Å². The first kappa shape index (κ1) is 19.7. The van der Waals surface area contributed by atoms with Crippen molar-refractivity contribution in [3.05, 3.63) is 59.2 Å². The van der Waals surface area contributed by atoms with E-state index in [-0.39, 0.29) is 11.4 Å². The fraction of sp³-hybridized carbons (Fsp3) is 0.444. The maximum Gasteiger partial charge on any atom is 0.283 e. The van der Waals surface area contributed by atoms with Crippen molar-refractivity contribution in [3.8, 4) is 17.2 Å². The van der Waals surface area contributed by atoms with Crippen molar-refractivity contribution in [2.75, 3.05) is 13.2 Å². The molecule has 2 aliphatic carbocycles. The summed E-state index contributed by atoms with van der Waals surface area (Å²) in [5.41, 5.74) is 10.1. The SMILES string of the molecule is CC(C)(C)COc1ccc2c(c1)[C@]1(COC(N)=N1)c1cc(C3=CC4CCC3C4)ccc1O2. The van der Waals surface area contributed by atoms with Crippen molar-refractivity contribution in [2.45, 2.75) is 45.6 Å². The summed E-state index contributed by atoms with van der Waals surface area (Å²) in [5.74, 6) is 3.81. The molecule has 6 rings (SSSR count). The van der Waals surface area contributed by atoms with Gasteiger partial charge in [-0.1, -0.05) is 32.9 Å². The molecule has 0 saturated heterocycles. The Morgan fingerprint density at radius 3 is 2.53 bits per heavy atom. The Balaban J connectivity index is 1.45. The third kappa shape index (κ3) is 3.09.